The molecule has 0 amide bonds. The van der Waals surface area contributed by atoms with Gasteiger partial charge in [-0.3, -0.25) is 4.79 Å². The van der Waals surface area contributed by atoms with Gasteiger partial charge in [0.2, 0.25) is 0 Å². The number of fused-ring (bicyclic) bond motifs is 1. The van der Waals surface area contributed by atoms with Gasteiger partial charge in [-0.2, -0.15) is 0 Å². The van der Waals surface area contributed by atoms with Gasteiger partial charge in [-0.25, -0.2) is 4.98 Å². The van der Waals surface area contributed by atoms with Crippen LogP contribution in [0.1, 0.15) is 30.8 Å². The summed E-state index contributed by atoms with van der Waals surface area (Å²) in [5, 5.41) is 0.663. The quantitative estimate of drug-likeness (QED) is 0.862. The van der Waals surface area contributed by atoms with Crippen molar-refractivity contribution in [1.29, 1.82) is 0 Å². The maximum Gasteiger partial charge on any atom is 0.258 e. The van der Waals surface area contributed by atoms with E-state index < -0.39 is 0 Å². The van der Waals surface area contributed by atoms with Crippen LogP contribution in [0.2, 0.25) is 0 Å². The summed E-state index contributed by atoms with van der Waals surface area (Å²) in [5.74, 6) is 0.685. The molecule has 0 radical (unpaired) electrons. The van der Waals surface area contributed by atoms with E-state index in [-0.39, 0.29) is 10.8 Å². The van der Waals surface area contributed by atoms with Crippen LogP contribution in [0, 0.1) is 0 Å². The lowest BCUT2D eigenvalue weighted by Gasteiger charge is -2.20. The molecule has 110 valence electrons. The summed E-state index contributed by atoms with van der Waals surface area (Å²) in [5.41, 5.74) is 0.644. The summed E-state index contributed by atoms with van der Waals surface area (Å²) in [6, 6.07) is 7.40. The predicted molar refractivity (Wildman–Crippen MR) is 91.8 cm³/mol. The molecule has 21 heavy (non-hydrogen) atoms. The van der Waals surface area contributed by atoms with Crippen LogP contribution in [-0.4, -0.2) is 32.3 Å². The third-order valence-electron chi connectivity index (χ3n) is 3.66. The standard InChI is InChI=1S/C15H17N3OS2/c1-10(21-15(20)18-8-4-5-9-18)13-16-12-7-3-2-6-11(12)14(19)17-13/h2-3,6-7,10H,4-5,8-9H2,1H3,(H,16,17,19). The fraction of sp³-hybridized carbons (Fsp3) is 0.400. The molecule has 2 aromatic rings. The summed E-state index contributed by atoms with van der Waals surface area (Å²) in [6.07, 6.45) is 2.42. The molecule has 0 aliphatic carbocycles. The molecule has 1 N–H and O–H groups in total. The number of para-hydroxylation sites is 1. The molecule has 1 aromatic heterocycles. The summed E-state index contributed by atoms with van der Waals surface area (Å²) >= 11 is 7.08. The normalized spacial score (nSPS) is 16.3. The van der Waals surface area contributed by atoms with E-state index in [2.05, 4.69) is 14.9 Å². The molecule has 4 nitrogen and oxygen atoms in total. The van der Waals surface area contributed by atoms with Gasteiger partial charge in [0.05, 0.1) is 16.2 Å². The molecule has 1 aliphatic heterocycles. The Balaban J connectivity index is 1.82. The smallest absolute Gasteiger partial charge is 0.258 e. The highest BCUT2D eigenvalue weighted by Crippen LogP contribution is 2.29. The minimum Gasteiger partial charge on any atom is -0.358 e. The largest absolute Gasteiger partial charge is 0.358 e. The fourth-order valence-electron chi connectivity index (χ4n) is 2.48. The Morgan fingerprint density at radius 1 is 1.38 bits per heavy atom. The van der Waals surface area contributed by atoms with Crippen LogP contribution in [0.25, 0.3) is 10.9 Å². The number of hydrogen-bond acceptors (Lipinski definition) is 4. The van der Waals surface area contributed by atoms with Crippen LogP contribution in [0.4, 0.5) is 0 Å². The minimum atomic E-state index is -0.0878. The molecule has 3 rings (SSSR count). The van der Waals surface area contributed by atoms with E-state index in [1.807, 2.05) is 25.1 Å². The molecule has 1 saturated heterocycles. The number of nitrogens with zero attached hydrogens (tertiary/aromatic N) is 2. The monoisotopic (exact) mass is 319 g/mol. The maximum absolute atomic E-state index is 12.1. The van der Waals surface area contributed by atoms with Crippen molar-refractivity contribution in [3.8, 4) is 0 Å². The number of benzene rings is 1. The van der Waals surface area contributed by atoms with Gasteiger partial charge >= 0.3 is 0 Å². The first-order chi connectivity index (χ1) is 10.1. The molecule has 0 bridgehead atoms. The molecule has 1 atom stereocenters. The molecule has 6 heteroatoms. The van der Waals surface area contributed by atoms with Crippen molar-refractivity contribution in [1.82, 2.24) is 14.9 Å². The second-order valence-electron chi connectivity index (χ2n) is 5.19. The van der Waals surface area contributed by atoms with Crippen molar-refractivity contribution < 1.29 is 0 Å². The number of rotatable bonds is 2. The van der Waals surface area contributed by atoms with Gasteiger partial charge < -0.3 is 9.88 Å². The van der Waals surface area contributed by atoms with E-state index in [9.17, 15) is 4.79 Å². The number of nitrogens with one attached hydrogen (secondary N) is 1. The van der Waals surface area contributed by atoms with E-state index in [1.54, 1.807) is 17.8 Å². The van der Waals surface area contributed by atoms with Crippen molar-refractivity contribution in [3.05, 3.63) is 40.4 Å². The van der Waals surface area contributed by atoms with Crippen molar-refractivity contribution in [2.24, 2.45) is 0 Å². The SMILES string of the molecule is CC(SC(=S)N1CCCC1)c1nc2ccccc2c(=O)[nH]1. The van der Waals surface area contributed by atoms with E-state index in [1.165, 1.54) is 12.8 Å². The van der Waals surface area contributed by atoms with E-state index >= 15 is 0 Å². The topological polar surface area (TPSA) is 49.0 Å². The van der Waals surface area contributed by atoms with Gasteiger partial charge in [-0.05, 0) is 31.9 Å². The zero-order chi connectivity index (χ0) is 14.8. The number of hydrogen-bond donors (Lipinski definition) is 1. The predicted octanol–water partition coefficient (Wildman–Crippen LogP) is 3.10. The second-order valence-corrected chi connectivity index (χ2v) is 7.16. The van der Waals surface area contributed by atoms with Crippen LogP contribution in [0.5, 0.6) is 0 Å². The van der Waals surface area contributed by atoms with Crippen molar-refractivity contribution in [2.45, 2.75) is 25.0 Å². The molecule has 1 aromatic carbocycles. The van der Waals surface area contributed by atoms with Crippen LogP contribution >= 0.6 is 24.0 Å². The zero-order valence-electron chi connectivity index (χ0n) is 11.8. The Bertz CT molecular complexity index is 722. The van der Waals surface area contributed by atoms with Crippen LogP contribution in [0.3, 0.4) is 0 Å². The Morgan fingerprint density at radius 3 is 2.86 bits per heavy atom. The van der Waals surface area contributed by atoms with Gasteiger partial charge in [0.1, 0.15) is 10.1 Å². The summed E-state index contributed by atoms with van der Waals surface area (Å²) in [4.78, 5) is 21.8. The molecule has 1 aliphatic rings. The van der Waals surface area contributed by atoms with Crippen LogP contribution in [-0.2, 0) is 0 Å². The highest BCUT2D eigenvalue weighted by molar-refractivity contribution is 8.23. The van der Waals surface area contributed by atoms with Gasteiger partial charge in [-0.15, -0.1) is 0 Å². The average molecular weight is 319 g/mol. The summed E-state index contributed by atoms with van der Waals surface area (Å²) in [6.45, 7) is 4.11. The third kappa shape index (κ3) is 3.11. The summed E-state index contributed by atoms with van der Waals surface area (Å²) < 4.78 is 0.899. The minimum absolute atomic E-state index is 0.0374. The zero-order valence-corrected chi connectivity index (χ0v) is 13.5. The Kier molecular flexibility index (Phi) is 4.26. The number of aromatic amines is 1. The van der Waals surface area contributed by atoms with Gasteiger partial charge in [0.25, 0.3) is 5.56 Å². The second kappa shape index (κ2) is 6.15. The van der Waals surface area contributed by atoms with Crippen LogP contribution in [0.15, 0.2) is 29.1 Å². The number of thiocarbonyl (C=S) groups is 1. The molecule has 1 fully saturated rings. The van der Waals surface area contributed by atoms with Crippen molar-refractivity contribution >= 4 is 39.2 Å². The highest BCUT2D eigenvalue weighted by Gasteiger charge is 2.19. The van der Waals surface area contributed by atoms with E-state index in [4.69, 9.17) is 12.2 Å². The fourth-order valence-corrected chi connectivity index (χ4v) is 3.95. The first-order valence-corrected chi connectivity index (χ1v) is 8.38. The van der Waals surface area contributed by atoms with Crippen molar-refractivity contribution in [3.63, 3.8) is 0 Å². The van der Waals surface area contributed by atoms with Gasteiger partial charge in [-0.1, -0.05) is 36.1 Å². The molecular weight excluding hydrogens is 302 g/mol. The molecule has 0 saturated carbocycles. The van der Waals surface area contributed by atoms with Gasteiger partial charge in [0, 0.05) is 13.1 Å². The number of aromatic nitrogens is 2. The maximum atomic E-state index is 12.1. The summed E-state index contributed by atoms with van der Waals surface area (Å²) in [7, 11) is 0. The molecular formula is C15H17N3OS2. The van der Waals surface area contributed by atoms with Crippen LogP contribution < -0.4 is 5.56 Å². The number of likely N-dealkylation sites (tertiary alicyclic amines) is 1. The van der Waals surface area contributed by atoms with E-state index in [0.717, 1.165) is 22.9 Å². The number of H-pyrrole nitrogens is 1. The Labute approximate surface area is 133 Å². The first-order valence-electron chi connectivity index (χ1n) is 7.09. The lowest BCUT2D eigenvalue weighted by atomic mass is 10.2. The van der Waals surface area contributed by atoms with Gasteiger partial charge in [0.15, 0.2) is 0 Å². The Hall–Kier alpha value is -1.40. The first kappa shape index (κ1) is 14.5. The highest BCUT2D eigenvalue weighted by atomic mass is 32.2. The van der Waals surface area contributed by atoms with E-state index in [0.29, 0.717) is 11.2 Å². The molecule has 2 heterocycles. The average Bonchev–Trinajstić information content (AvgIpc) is 3.01. The molecule has 1 unspecified atom stereocenters. The number of thioether (sulfide) groups is 1. The molecule has 0 spiro atoms. The third-order valence-corrected chi connectivity index (χ3v) is 5.24. The Morgan fingerprint density at radius 2 is 2.10 bits per heavy atom. The lowest BCUT2D eigenvalue weighted by Crippen LogP contribution is -2.24. The van der Waals surface area contributed by atoms with Crippen molar-refractivity contribution in [2.75, 3.05) is 13.1 Å². The lowest BCUT2D eigenvalue weighted by molar-refractivity contribution is 0.539.